The van der Waals surface area contributed by atoms with Crippen LogP contribution in [0.1, 0.15) is 12.5 Å². The highest BCUT2D eigenvalue weighted by Gasteiger charge is 2.11. The number of aromatic nitrogens is 1. The summed E-state index contributed by atoms with van der Waals surface area (Å²) in [5.41, 5.74) is 3.28. The number of nitrogens with one attached hydrogen (secondary N) is 2. The highest BCUT2D eigenvalue weighted by molar-refractivity contribution is 9.10. The van der Waals surface area contributed by atoms with E-state index in [0.717, 1.165) is 21.1 Å². The van der Waals surface area contributed by atoms with Gasteiger partial charge in [0.05, 0.1) is 16.8 Å². The Morgan fingerprint density at radius 3 is 2.81 bits per heavy atom. The molecule has 0 spiro atoms. The van der Waals surface area contributed by atoms with Gasteiger partial charge in [-0.1, -0.05) is 28.1 Å². The Morgan fingerprint density at radius 1 is 1.23 bits per heavy atom. The second kappa shape index (κ2) is 7.81. The van der Waals surface area contributed by atoms with Crippen molar-refractivity contribution in [1.82, 2.24) is 4.98 Å². The molecular weight excluding hydrogens is 392 g/mol. The average molecular weight is 407 g/mol. The van der Waals surface area contributed by atoms with Crippen LogP contribution in [-0.4, -0.2) is 10.9 Å². The third-order valence-corrected chi connectivity index (χ3v) is 4.16. The Morgan fingerprint density at radius 2 is 2.08 bits per heavy atom. The van der Waals surface area contributed by atoms with E-state index in [-0.39, 0.29) is 5.91 Å². The lowest BCUT2D eigenvalue weighted by Crippen LogP contribution is -2.07. The topological polar surface area (TPSA) is 77.8 Å². The van der Waals surface area contributed by atoms with Crippen LogP contribution in [-0.2, 0) is 4.79 Å². The first-order valence-corrected chi connectivity index (χ1v) is 8.69. The minimum atomic E-state index is -0.210. The molecule has 1 aromatic heterocycles. The molecule has 1 heterocycles. The number of halogens is 1. The lowest BCUT2D eigenvalue weighted by atomic mass is 10.1. The van der Waals surface area contributed by atoms with Crippen LogP contribution >= 0.6 is 15.9 Å². The van der Waals surface area contributed by atoms with Crippen molar-refractivity contribution < 1.29 is 4.79 Å². The molecular formula is C20H15BrN4O. The average Bonchev–Trinajstić information content (AvgIpc) is 2.62. The Labute approximate surface area is 159 Å². The second-order valence-corrected chi connectivity index (χ2v) is 6.43. The van der Waals surface area contributed by atoms with Gasteiger partial charge in [0, 0.05) is 27.4 Å². The first kappa shape index (κ1) is 17.6. The summed E-state index contributed by atoms with van der Waals surface area (Å²) in [4.78, 5) is 16.1. The van der Waals surface area contributed by atoms with E-state index in [0.29, 0.717) is 16.9 Å². The molecule has 0 bridgehead atoms. The van der Waals surface area contributed by atoms with E-state index in [2.05, 4.69) is 37.6 Å². The molecule has 0 unspecified atom stereocenters. The molecule has 2 N–H and O–H groups in total. The van der Waals surface area contributed by atoms with Crippen molar-refractivity contribution in [2.24, 2.45) is 0 Å². The molecule has 5 nitrogen and oxygen atoms in total. The molecule has 0 atom stereocenters. The fourth-order valence-electron chi connectivity index (χ4n) is 2.54. The molecule has 0 saturated heterocycles. The van der Waals surface area contributed by atoms with Crippen molar-refractivity contribution in [3.05, 3.63) is 70.8 Å². The highest BCUT2D eigenvalue weighted by Crippen LogP contribution is 2.31. The fraction of sp³-hybridized carbons (Fsp3) is 0.0500. The van der Waals surface area contributed by atoms with Crippen LogP contribution in [0.3, 0.4) is 0 Å². The van der Waals surface area contributed by atoms with Gasteiger partial charge in [-0.2, -0.15) is 5.26 Å². The normalized spacial score (nSPS) is 10.7. The second-order valence-electron chi connectivity index (χ2n) is 5.52. The quantitative estimate of drug-likeness (QED) is 0.588. The van der Waals surface area contributed by atoms with Crippen molar-refractivity contribution in [1.29, 1.82) is 5.26 Å². The number of allylic oxidation sites excluding steroid dienone is 1. The summed E-state index contributed by atoms with van der Waals surface area (Å²) in [6.45, 7) is 1.78. The fourth-order valence-corrected chi connectivity index (χ4v) is 2.93. The zero-order valence-corrected chi connectivity index (χ0v) is 15.5. The van der Waals surface area contributed by atoms with Gasteiger partial charge in [-0.3, -0.25) is 9.78 Å². The lowest BCUT2D eigenvalue weighted by Gasteiger charge is -2.13. The molecule has 0 radical (unpaired) electrons. The molecule has 0 aliphatic rings. The number of fused-ring (bicyclic) bond motifs is 1. The molecule has 6 heteroatoms. The van der Waals surface area contributed by atoms with Crippen LogP contribution in [0.15, 0.2) is 65.3 Å². The maximum atomic E-state index is 11.8. The largest absolute Gasteiger partial charge is 0.354 e. The van der Waals surface area contributed by atoms with Crippen molar-refractivity contribution in [2.75, 3.05) is 10.6 Å². The molecule has 0 aliphatic heterocycles. The van der Waals surface area contributed by atoms with Crippen LogP contribution in [0.2, 0.25) is 0 Å². The van der Waals surface area contributed by atoms with Crippen LogP contribution in [0.4, 0.5) is 17.1 Å². The van der Waals surface area contributed by atoms with Gasteiger partial charge in [-0.05, 0) is 49.4 Å². The van der Waals surface area contributed by atoms with Gasteiger partial charge in [0.15, 0.2) is 0 Å². The monoisotopic (exact) mass is 406 g/mol. The van der Waals surface area contributed by atoms with E-state index in [9.17, 15) is 10.1 Å². The molecule has 2 aromatic carbocycles. The van der Waals surface area contributed by atoms with E-state index in [1.807, 2.05) is 36.4 Å². The number of amides is 1. The molecule has 1 amide bonds. The molecule has 0 aliphatic carbocycles. The third-order valence-electron chi connectivity index (χ3n) is 3.67. The summed E-state index contributed by atoms with van der Waals surface area (Å²) in [6, 6.07) is 15.2. The lowest BCUT2D eigenvalue weighted by molar-refractivity contribution is -0.111. The van der Waals surface area contributed by atoms with Gasteiger partial charge >= 0.3 is 0 Å². The summed E-state index contributed by atoms with van der Waals surface area (Å²) in [5, 5.41) is 16.3. The Kier molecular flexibility index (Phi) is 5.30. The minimum Gasteiger partial charge on any atom is -0.354 e. The maximum absolute atomic E-state index is 11.8. The molecule has 0 fully saturated rings. The number of hydrogen-bond donors (Lipinski definition) is 2. The summed E-state index contributed by atoms with van der Waals surface area (Å²) in [6.07, 6.45) is 4.67. The zero-order chi connectivity index (χ0) is 18.5. The SMILES string of the molecule is C/C=C/C(=O)Nc1ccc2ncc(C#N)c(Nc3cccc(Br)c3)c2c1. The van der Waals surface area contributed by atoms with E-state index in [1.54, 1.807) is 25.3 Å². The summed E-state index contributed by atoms with van der Waals surface area (Å²) >= 11 is 3.44. The smallest absolute Gasteiger partial charge is 0.248 e. The van der Waals surface area contributed by atoms with Crippen molar-refractivity contribution in [3.8, 4) is 6.07 Å². The van der Waals surface area contributed by atoms with Gasteiger partial charge < -0.3 is 10.6 Å². The molecule has 26 heavy (non-hydrogen) atoms. The first-order chi connectivity index (χ1) is 12.6. The molecule has 3 rings (SSSR count). The number of nitriles is 1. The van der Waals surface area contributed by atoms with Gasteiger partial charge in [0.2, 0.25) is 5.91 Å². The maximum Gasteiger partial charge on any atom is 0.248 e. The van der Waals surface area contributed by atoms with Crippen molar-refractivity contribution >= 4 is 49.8 Å². The van der Waals surface area contributed by atoms with Crippen LogP contribution < -0.4 is 10.6 Å². The Hall–Kier alpha value is -3.17. The Balaban J connectivity index is 2.09. The third kappa shape index (κ3) is 3.90. The minimum absolute atomic E-state index is 0.210. The number of benzene rings is 2. The Bertz CT molecular complexity index is 1050. The standard InChI is InChI=1S/C20H15BrN4O/c1-2-4-19(26)24-16-7-8-18-17(10-16)20(13(11-22)12-23-18)25-15-6-3-5-14(21)9-15/h2-10,12H,1H3,(H,23,25)(H,24,26)/b4-2+. The first-order valence-electron chi connectivity index (χ1n) is 7.90. The van der Waals surface area contributed by atoms with Crippen molar-refractivity contribution in [3.63, 3.8) is 0 Å². The predicted molar refractivity (Wildman–Crippen MR) is 107 cm³/mol. The van der Waals surface area contributed by atoms with E-state index in [1.165, 1.54) is 6.08 Å². The van der Waals surface area contributed by atoms with E-state index >= 15 is 0 Å². The summed E-state index contributed by atoms with van der Waals surface area (Å²) in [5.74, 6) is -0.210. The summed E-state index contributed by atoms with van der Waals surface area (Å²) < 4.78 is 0.929. The van der Waals surface area contributed by atoms with Crippen LogP contribution in [0.5, 0.6) is 0 Å². The van der Waals surface area contributed by atoms with E-state index < -0.39 is 0 Å². The van der Waals surface area contributed by atoms with Crippen LogP contribution in [0.25, 0.3) is 10.9 Å². The van der Waals surface area contributed by atoms with Crippen molar-refractivity contribution in [2.45, 2.75) is 6.92 Å². The number of nitrogens with zero attached hydrogens (tertiary/aromatic N) is 2. The van der Waals surface area contributed by atoms with Gasteiger partial charge in [-0.25, -0.2) is 0 Å². The predicted octanol–water partition coefficient (Wildman–Crippen LogP) is 5.13. The number of hydrogen-bond acceptors (Lipinski definition) is 4. The summed E-state index contributed by atoms with van der Waals surface area (Å²) in [7, 11) is 0. The number of carbonyl (C=O) groups excluding carboxylic acids is 1. The van der Waals surface area contributed by atoms with Crippen LogP contribution in [0, 0.1) is 11.3 Å². The van der Waals surface area contributed by atoms with Gasteiger partial charge in [0.25, 0.3) is 0 Å². The molecule has 3 aromatic rings. The van der Waals surface area contributed by atoms with Gasteiger partial charge in [-0.15, -0.1) is 0 Å². The molecule has 0 saturated carbocycles. The van der Waals surface area contributed by atoms with Gasteiger partial charge in [0.1, 0.15) is 6.07 Å². The molecule has 128 valence electrons. The zero-order valence-electron chi connectivity index (χ0n) is 14.0. The number of carbonyl (C=O) groups is 1. The highest BCUT2D eigenvalue weighted by atomic mass is 79.9. The number of pyridine rings is 1. The van der Waals surface area contributed by atoms with E-state index in [4.69, 9.17) is 0 Å². The number of anilines is 3. The number of rotatable bonds is 4.